The largest absolute Gasteiger partial charge is 0.507 e. The smallest absolute Gasteiger partial charge is 0.204 e. The van der Waals surface area contributed by atoms with Crippen molar-refractivity contribution in [3.05, 3.63) is 40.1 Å². The summed E-state index contributed by atoms with van der Waals surface area (Å²) in [5.41, 5.74) is 0.930. The number of methoxy groups -OCH3 is 2. The van der Waals surface area contributed by atoms with Crippen molar-refractivity contribution in [3.8, 4) is 17.2 Å². The maximum atomic E-state index is 12.8. The van der Waals surface area contributed by atoms with E-state index in [1.807, 2.05) is 0 Å². The minimum Gasteiger partial charge on any atom is -0.507 e. The molecule has 6 heteroatoms. The molecule has 25 heavy (non-hydrogen) atoms. The van der Waals surface area contributed by atoms with E-state index in [1.165, 1.54) is 33.3 Å². The summed E-state index contributed by atoms with van der Waals surface area (Å²) >= 11 is 0. The van der Waals surface area contributed by atoms with Crippen LogP contribution in [0.25, 0.3) is 21.9 Å². The van der Waals surface area contributed by atoms with Crippen LogP contribution in [0, 0.1) is 0 Å². The van der Waals surface area contributed by atoms with Crippen molar-refractivity contribution in [2.45, 2.75) is 19.8 Å². The highest BCUT2D eigenvalue weighted by atomic mass is 16.5. The van der Waals surface area contributed by atoms with Gasteiger partial charge in [-0.1, -0.05) is 0 Å². The number of rotatable bonds is 5. The average molecular weight is 342 g/mol. The molecule has 0 atom stereocenters. The Kier molecular flexibility index (Phi) is 4.35. The highest BCUT2D eigenvalue weighted by molar-refractivity contribution is 5.96. The third-order valence-electron chi connectivity index (χ3n) is 4.13. The van der Waals surface area contributed by atoms with Crippen LogP contribution in [0.4, 0.5) is 0 Å². The number of benzene rings is 2. The number of phenols is 1. The number of aromatic hydroxyl groups is 1. The Labute approximate surface area is 143 Å². The number of hydrogen-bond donors (Lipinski definition) is 1. The Balaban J connectivity index is 2.34. The van der Waals surface area contributed by atoms with Crippen molar-refractivity contribution < 1.29 is 23.8 Å². The molecule has 2 aromatic carbocycles. The third kappa shape index (κ3) is 2.91. The molecule has 3 aromatic rings. The summed E-state index contributed by atoms with van der Waals surface area (Å²) in [6, 6.07) is 6.20. The van der Waals surface area contributed by atoms with Gasteiger partial charge in [0.2, 0.25) is 5.43 Å². The summed E-state index contributed by atoms with van der Waals surface area (Å²) in [4.78, 5) is 24.1. The second-order valence-electron chi connectivity index (χ2n) is 5.78. The zero-order valence-electron chi connectivity index (χ0n) is 14.2. The van der Waals surface area contributed by atoms with E-state index in [0.717, 1.165) is 5.56 Å². The first-order chi connectivity index (χ1) is 12.0. The summed E-state index contributed by atoms with van der Waals surface area (Å²) in [5.74, 6) is 0.746. The molecule has 0 fully saturated rings. The van der Waals surface area contributed by atoms with Gasteiger partial charge in [-0.15, -0.1) is 0 Å². The van der Waals surface area contributed by atoms with Gasteiger partial charge in [0, 0.05) is 6.42 Å². The lowest BCUT2D eigenvalue weighted by Gasteiger charge is -2.11. The van der Waals surface area contributed by atoms with Crippen LogP contribution in [0.15, 0.2) is 33.5 Å². The maximum Gasteiger partial charge on any atom is 0.204 e. The molecule has 1 N–H and O–H groups in total. The molecule has 0 amide bonds. The van der Waals surface area contributed by atoms with Crippen molar-refractivity contribution in [1.82, 2.24) is 0 Å². The zero-order chi connectivity index (χ0) is 18.1. The fourth-order valence-corrected chi connectivity index (χ4v) is 2.84. The van der Waals surface area contributed by atoms with E-state index in [-0.39, 0.29) is 27.9 Å². The second-order valence-corrected chi connectivity index (χ2v) is 5.78. The fraction of sp³-hybridized carbons (Fsp3) is 0.263. The summed E-state index contributed by atoms with van der Waals surface area (Å²) < 4.78 is 16.4. The molecule has 1 aromatic heterocycles. The van der Waals surface area contributed by atoms with Crippen molar-refractivity contribution in [2.24, 2.45) is 0 Å². The fourth-order valence-electron chi connectivity index (χ4n) is 2.84. The van der Waals surface area contributed by atoms with Gasteiger partial charge in [0.1, 0.15) is 28.3 Å². The summed E-state index contributed by atoms with van der Waals surface area (Å²) in [6.45, 7) is 1.52. The Bertz CT molecular complexity index is 1030. The van der Waals surface area contributed by atoms with Crippen molar-refractivity contribution >= 4 is 27.7 Å². The maximum absolute atomic E-state index is 12.8. The van der Waals surface area contributed by atoms with Gasteiger partial charge in [-0.2, -0.15) is 0 Å². The van der Waals surface area contributed by atoms with E-state index in [2.05, 4.69) is 0 Å². The molecule has 0 unspecified atom stereocenters. The molecule has 0 aliphatic carbocycles. The van der Waals surface area contributed by atoms with E-state index in [1.54, 1.807) is 12.1 Å². The van der Waals surface area contributed by atoms with E-state index >= 15 is 0 Å². The lowest BCUT2D eigenvalue weighted by Crippen LogP contribution is -2.05. The van der Waals surface area contributed by atoms with Crippen molar-refractivity contribution in [1.29, 1.82) is 0 Å². The standard InChI is InChI=1S/C19H18O6/c1-10(20)4-5-11-8-16-12(9-15(11)24-3)18(22)17-13(21)6-7-14(23-2)19(17)25-16/h6-9,21H,4-5H2,1-3H3. The van der Waals surface area contributed by atoms with Crippen LogP contribution in [0.5, 0.6) is 17.2 Å². The zero-order valence-corrected chi connectivity index (χ0v) is 14.2. The second kappa shape index (κ2) is 6.47. The highest BCUT2D eigenvalue weighted by Crippen LogP contribution is 2.34. The number of phenolic OH excluding ortho intramolecular Hbond substituents is 1. The Morgan fingerprint density at radius 1 is 1.16 bits per heavy atom. The quantitative estimate of drug-likeness (QED) is 0.717. The highest BCUT2D eigenvalue weighted by Gasteiger charge is 2.18. The van der Waals surface area contributed by atoms with E-state index < -0.39 is 0 Å². The lowest BCUT2D eigenvalue weighted by atomic mass is 10.0. The van der Waals surface area contributed by atoms with Gasteiger partial charge in [0.05, 0.1) is 19.6 Å². The molecule has 0 spiro atoms. The van der Waals surface area contributed by atoms with Gasteiger partial charge in [-0.3, -0.25) is 4.79 Å². The van der Waals surface area contributed by atoms with E-state index in [9.17, 15) is 14.7 Å². The first kappa shape index (κ1) is 16.8. The number of Topliss-reactive ketones (excluding diaryl/α,β-unsaturated/α-hetero) is 1. The molecular formula is C19H18O6. The Hall–Kier alpha value is -3.02. The predicted octanol–water partition coefficient (Wildman–Crippen LogP) is 3.19. The number of hydrogen-bond acceptors (Lipinski definition) is 6. The first-order valence-electron chi connectivity index (χ1n) is 7.79. The minimum absolute atomic E-state index is 0.0605. The molecular weight excluding hydrogens is 324 g/mol. The van der Waals surface area contributed by atoms with Gasteiger partial charge in [-0.05, 0) is 43.2 Å². The number of ketones is 1. The SMILES string of the molecule is COc1cc2c(=O)c3c(O)ccc(OC)c3oc2cc1CCC(C)=O. The minimum atomic E-state index is -0.371. The molecule has 130 valence electrons. The number of ether oxygens (including phenoxy) is 2. The van der Waals surface area contributed by atoms with Crippen LogP contribution in [0.3, 0.4) is 0 Å². The van der Waals surface area contributed by atoms with E-state index in [0.29, 0.717) is 35.3 Å². The van der Waals surface area contributed by atoms with Gasteiger partial charge in [0.25, 0.3) is 0 Å². The summed E-state index contributed by atoms with van der Waals surface area (Å²) in [7, 11) is 2.96. The number of carbonyl (C=O) groups is 1. The average Bonchev–Trinajstić information content (AvgIpc) is 2.59. The van der Waals surface area contributed by atoms with E-state index in [4.69, 9.17) is 13.9 Å². The van der Waals surface area contributed by atoms with Crippen molar-refractivity contribution in [3.63, 3.8) is 0 Å². The molecule has 0 radical (unpaired) electrons. The van der Waals surface area contributed by atoms with Crippen LogP contribution >= 0.6 is 0 Å². The number of fused-ring (bicyclic) bond motifs is 2. The Morgan fingerprint density at radius 3 is 2.52 bits per heavy atom. The van der Waals surface area contributed by atoms with Gasteiger partial charge in [0.15, 0.2) is 11.3 Å². The van der Waals surface area contributed by atoms with Gasteiger partial charge >= 0.3 is 0 Å². The summed E-state index contributed by atoms with van der Waals surface area (Å²) in [5, 5.41) is 10.4. The molecule has 0 saturated heterocycles. The third-order valence-corrected chi connectivity index (χ3v) is 4.13. The Morgan fingerprint density at radius 2 is 1.88 bits per heavy atom. The van der Waals surface area contributed by atoms with Crippen LogP contribution in [-0.4, -0.2) is 25.1 Å². The van der Waals surface area contributed by atoms with Crippen LogP contribution in [0.2, 0.25) is 0 Å². The topological polar surface area (TPSA) is 86.0 Å². The first-order valence-corrected chi connectivity index (χ1v) is 7.79. The van der Waals surface area contributed by atoms with Gasteiger partial charge in [-0.25, -0.2) is 0 Å². The van der Waals surface area contributed by atoms with Crippen LogP contribution in [0.1, 0.15) is 18.9 Å². The molecule has 0 aliphatic heterocycles. The van der Waals surface area contributed by atoms with Crippen molar-refractivity contribution in [2.75, 3.05) is 14.2 Å². The number of aryl methyl sites for hydroxylation is 1. The van der Waals surface area contributed by atoms with Crippen LogP contribution < -0.4 is 14.9 Å². The molecule has 1 heterocycles. The molecule has 0 bridgehead atoms. The predicted molar refractivity (Wildman–Crippen MR) is 93.8 cm³/mol. The lowest BCUT2D eigenvalue weighted by molar-refractivity contribution is -0.116. The molecule has 6 nitrogen and oxygen atoms in total. The monoisotopic (exact) mass is 342 g/mol. The molecule has 0 aliphatic rings. The normalized spacial score (nSPS) is 11.0. The van der Waals surface area contributed by atoms with Gasteiger partial charge < -0.3 is 23.8 Å². The van der Waals surface area contributed by atoms with Crippen LogP contribution in [-0.2, 0) is 11.2 Å². The molecule has 3 rings (SSSR count). The number of carbonyl (C=O) groups excluding carboxylic acids is 1. The summed E-state index contributed by atoms with van der Waals surface area (Å²) in [6.07, 6.45) is 0.844. The molecule has 0 saturated carbocycles.